The summed E-state index contributed by atoms with van der Waals surface area (Å²) in [5.41, 5.74) is 7.12. The lowest BCUT2D eigenvalue weighted by Crippen LogP contribution is -2.47. The fourth-order valence-corrected chi connectivity index (χ4v) is 5.46. The number of aryl methyl sites for hydroxylation is 1. The summed E-state index contributed by atoms with van der Waals surface area (Å²) in [6, 6.07) is 4.96. The lowest BCUT2D eigenvalue weighted by atomic mass is 9.99. The maximum atomic E-state index is 13.1. The van der Waals surface area contributed by atoms with Crippen LogP contribution in [0.1, 0.15) is 54.4 Å². The van der Waals surface area contributed by atoms with Gasteiger partial charge in [-0.25, -0.2) is 8.42 Å². The summed E-state index contributed by atoms with van der Waals surface area (Å²) >= 11 is 0. The normalized spacial score (nSPS) is 21.6. The van der Waals surface area contributed by atoms with Gasteiger partial charge in [0.25, 0.3) is 5.91 Å². The molecule has 1 amide bonds. The van der Waals surface area contributed by atoms with Crippen molar-refractivity contribution in [1.29, 1.82) is 0 Å². The van der Waals surface area contributed by atoms with Crippen LogP contribution in [0, 0.1) is 6.92 Å². The van der Waals surface area contributed by atoms with Crippen LogP contribution in [0.4, 0.5) is 0 Å². The van der Waals surface area contributed by atoms with Crippen molar-refractivity contribution in [2.24, 2.45) is 5.73 Å². The Morgan fingerprint density at radius 1 is 1.11 bits per heavy atom. The van der Waals surface area contributed by atoms with Crippen molar-refractivity contribution in [3.05, 3.63) is 29.3 Å². The summed E-state index contributed by atoms with van der Waals surface area (Å²) in [5.74, 6) is -0.103. The first-order chi connectivity index (χ1) is 12.4. The minimum absolute atomic E-state index is 0. The summed E-state index contributed by atoms with van der Waals surface area (Å²) < 4.78 is 27.4. The highest BCUT2D eigenvalue weighted by Gasteiger charge is 2.30. The van der Waals surface area contributed by atoms with Crippen LogP contribution in [0.5, 0.6) is 0 Å². The van der Waals surface area contributed by atoms with Gasteiger partial charge in [-0.15, -0.1) is 12.4 Å². The second-order valence-electron chi connectivity index (χ2n) is 7.33. The molecule has 2 saturated heterocycles. The third-order valence-corrected chi connectivity index (χ3v) is 7.45. The molecule has 1 aromatic carbocycles. The number of piperidine rings is 2. The number of carbonyl (C=O) groups is 1. The highest BCUT2D eigenvalue weighted by molar-refractivity contribution is 7.89. The molecule has 1 atom stereocenters. The summed E-state index contributed by atoms with van der Waals surface area (Å²) in [4.78, 5) is 15.1. The molecule has 0 aromatic heterocycles. The molecule has 2 fully saturated rings. The molecular formula is C19H30ClN3O3S. The molecule has 2 aliphatic rings. The molecule has 1 aromatic rings. The molecule has 0 aliphatic carbocycles. The molecule has 0 saturated carbocycles. The van der Waals surface area contributed by atoms with Crippen LogP contribution in [-0.4, -0.2) is 55.8 Å². The predicted octanol–water partition coefficient (Wildman–Crippen LogP) is 2.54. The maximum absolute atomic E-state index is 13.1. The number of carbonyl (C=O) groups excluding carboxylic acids is 1. The van der Waals surface area contributed by atoms with Crippen molar-refractivity contribution in [1.82, 2.24) is 9.21 Å². The quantitative estimate of drug-likeness (QED) is 0.818. The average molecular weight is 416 g/mol. The van der Waals surface area contributed by atoms with E-state index in [9.17, 15) is 13.2 Å². The first-order valence-corrected chi connectivity index (χ1v) is 11.0. The van der Waals surface area contributed by atoms with E-state index in [4.69, 9.17) is 5.73 Å². The van der Waals surface area contributed by atoms with Crippen LogP contribution in [0.3, 0.4) is 0 Å². The first kappa shape index (κ1) is 22.1. The van der Waals surface area contributed by atoms with Gasteiger partial charge in [-0.3, -0.25) is 4.79 Å². The van der Waals surface area contributed by atoms with Gasteiger partial charge in [0.05, 0.1) is 4.90 Å². The lowest BCUT2D eigenvalue weighted by molar-refractivity contribution is 0.0622. The summed E-state index contributed by atoms with van der Waals surface area (Å²) in [5, 5.41) is 0. The van der Waals surface area contributed by atoms with Crippen molar-refractivity contribution in [2.45, 2.75) is 56.4 Å². The number of benzene rings is 1. The summed E-state index contributed by atoms with van der Waals surface area (Å²) in [6.45, 7) is 4.09. The van der Waals surface area contributed by atoms with Crippen LogP contribution in [0.2, 0.25) is 0 Å². The molecule has 3 rings (SSSR count). The molecule has 6 nitrogen and oxygen atoms in total. The molecule has 0 bridgehead atoms. The van der Waals surface area contributed by atoms with Gasteiger partial charge < -0.3 is 10.6 Å². The number of rotatable bonds is 4. The third kappa shape index (κ3) is 4.65. The van der Waals surface area contributed by atoms with E-state index in [0.717, 1.165) is 44.1 Å². The molecule has 2 heterocycles. The van der Waals surface area contributed by atoms with E-state index in [1.165, 1.54) is 0 Å². The van der Waals surface area contributed by atoms with E-state index >= 15 is 0 Å². The van der Waals surface area contributed by atoms with Gasteiger partial charge in [0, 0.05) is 37.8 Å². The Bertz CT molecular complexity index is 763. The summed E-state index contributed by atoms with van der Waals surface area (Å²) in [6.07, 6.45) is 5.80. The number of likely N-dealkylation sites (tertiary alicyclic amines) is 1. The second-order valence-corrected chi connectivity index (χ2v) is 9.26. The van der Waals surface area contributed by atoms with E-state index in [-0.39, 0.29) is 29.3 Å². The smallest absolute Gasteiger partial charge is 0.254 e. The number of amides is 1. The minimum Gasteiger partial charge on any atom is -0.334 e. The zero-order valence-electron chi connectivity index (χ0n) is 15.9. The molecule has 0 spiro atoms. The zero-order valence-corrected chi connectivity index (χ0v) is 17.5. The standard InChI is InChI=1S/C19H29N3O3S.ClH/c1-15-8-9-17(26(24,25)21-10-4-2-5-11-21)13-18(15)19(23)22-12-6-3-7-16(22)14-20;/h8-9,13,16H,2-7,10-12,14,20H2,1H3;1H. The Labute approximate surface area is 168 Å². The van der Waals surface area contributed by atoms with Crippen LogP contribution >= 0.6 is 12.4 Å². The van der Waals surface area contributed by atoms with E-state index < -0.39 is 10.0 Å². The first-order valence-electron chi connectivity index (χ1n) is 9.57. The predicted molar refractivity (Wildman–Crippen MR) is 109 cm³/mol. The van der Waals surface area contributed by atoms with Crippen LogP contribution < -0.4 is 5.73 Å². The molecule has 1 unspecified atom stereocenters. The van der Waals surface area contributed by atoms with Gasteiger partial charge in [-0.2, -0.15) is 4.31 Å². The highest BCUT2D eigenvalue weighted by Crippen LogP contribution is 2.25. The van der Waals surface area contributed by atoms with Gasteiger partial charge in [-0.1, -0.05) is 12.5 Å². The SMILES string of the molecule is Cc1ccc(S(=O)(=O)N2CCCCC2)cc1C(=O)N1CCCCC1CN.Cl. The van der Waals surface area contributed by atoms with E-state index in [1.807, 2.05) is 11.8 Å². The van der Waals surface area contributed by atoms with Gasteiger partial charge in [0.1, 0.15) is 0 Å². The number of halogens is 1. The van der Waals surface area contributed by atoms with Gasteiger partial charge in [0.2, 0.25) is 10.0 Å². The molecule has 2 N–H and O–H groups in total. The number of sulfonamides is 1. The van der Waals surface area contributed by atoms with Crippen LogP contribution in [0.15, 0.2) is 23.1 Å². The van der Waals surface area contributed by atoms with E-state index in [1.54, 1.807) is 22.5 Å². The average Bonchev–Trinajstić information content (AvgIpc) is 2.68. The Morgan fingerprint density at radius 2 is 1.78 bits per heavy atom. The Kier molecular flexibility index (Phi) is 7.68. The topological polar surface area (TPSA) is 83.7 Å². The number of nitrogens with zero attached hydrogens (tertiary/aromatic N) is 2. The molecule has 152 valence electrons. The maximum Gasteiger partial charge on any atom is 0.254 e. The highest BCUT2D eigenvalue weighted by atomic mass is 35.5. The molecular weight excluding hydrogens is 386 g/mol. The number of hydrogen-bond donors (Lipinski definition) is 1. The third-order valence-electron chi connectivity index (χ3n) is 5.55. The van der Waals surface area contributed by atoms with E-state index in [0.29, 0.717) is 31.7 Å². The Morgan fingerprint density at radius 3 is 2.44 bits per heavy atom. The Hall–Kier alpha value is -1.15. The minimum atomic E-state index is -3.55. The monoisotopic (exact) mass is 415 g/mol. The van der Waals surface area contributed by atoms with Gasteiger partial charge >= 0.3 is 0 Å². The second kappa shape index (κ2) is 9.37. The van der Waals surface area contributed by atoms with Crippen molar-refractivity contribution >= 4 is 28.3 Å². The van der Waals surface area contributed by atoms with E-state index in [2.05, 4.69) is 0 Å². The van der Waals surface area contributed by atoms with Crippen molar-refractivity contribution in [3.63, 3.8) is 0 Å². The van der Waals surface area contributed by atoms with Crippen LogP contribution in [-0.2, 0) is 10.0 Å². The van der Waals surface area contributed by atoms with Crippen LogP contribution in [0.25, 0.3) is 0 Å². The van der Waals surface area contributed by atoms with Gasteiger partial charge in [-0.05, 0) is 56.7 Å². The van der Waals surface area contributed by atoms with Gasteiger partial charge in [0.15, 0.2) is 0 Å². The molecule has 2 aliphatic heterocycles. The largest absolute Gasteiger partial charge is 0.334 e. The molecule has 27 heavy (non-hydrogen) atoms. The van der Waals surface area contributed by atoms with Crippen molar-refractivity contribution < 1.29 is 13.2 Å². The lowest BCUT2D eigenvalue weighted by Gasteiger charge is -2.35. The Balaban J connectivity index is 0.00000261. The van der Waals surface area contributed by atoms with Crippen molar-refractivity contribution in [3.8, 4) is 0 Å². The molecule has 8 heteroatoms. The van der Waals surface area contributed by atoms with Crippen molar-refractivity contribution in [2.75, 3.05) is 26.2 Å². The number of hydrogen-bond acceptors (Lipinski definition) is 4. The fourth-order valence-electron chi connectivity index (χ4n) is 3.91. The molecule has 0 radical (unpaired) electrons. The summed E-state index contributed by atoms with van der Waals surface area (Å²) in [7, 11) is -3.55. The number of nitrogens with two attached hydrogens (primary N) is 1. The zero-order chi connectivity index (χ0) is 18.7. The fraction of sp³-hybridized carbons (Fsp3) is 0.632.